The molecule has 1 saturated heterocycles. The van der Waals surface area contributed by atoms with Crippen LogP contribution in [0.4, 0.5) is 11.4 Å². The van der Waals surface area contributed by atoms with Gasteiger partial charge in [-0.25, -0.2) is 0 Å². The van der Waals surface area contributed by atoms with Crippen molar-refractivity contribution in [3.63, 3.8) is 0 Å². The molecule has 1 aliphatic rings. The Hall–Kier alpha value is -2.42. The number of rotatable bonds is 10. The lowest BCUT2D eigenvalue weighted by molar-refractivity contribution is 0.426. The zero-order valence-electron chi connectivity index (χ0n) is 18.0. The van der Waals surface area contributed by atoms with E-state index in [0.717, 1.165) is 32.5 Å². The largest absolute Gasteiger partial charge is 0.362 e. The van der Waals surface area contributed by atoms with Crippen molar-refractivity contribution < 1.29 is 0 Å². The Morgan fingerprint density at radius 1 is 0.793 bits per heavy atom. The average molecular weight is 391 g/mol. The first-order valence-electron chi connectivity index (χ1n) is 11.4. The number of likely N-dealkylation sites (tertiary alicyclic amines) is 1. The van der Waals surface area contributed by atoms with Crippen molar-refractivity contribution in [2.24, 2.45) is 4.99 Å². The van der Waals surface area contributed by atoms with Gasteiger partial charge in [-0.2, -0.15) is 4.58 Å². The summed E-state index contributed by atoms with van der Waals surface area (Å²) < 4.78 is 2.44. The Labute approximate surface area is 176 Å². The smallest absolute Gasteiger partial charge is 0.211 e. The summed E-state index contributed by atoms with van der Waals surface area (Å²) in [6.45, 7) is 5.33. The summed E-state index contributed by atoms with van der Waals surface area (Å²) in [7, 11) is 0. The molecule has 3 rings (SSSR count). The van der Waals surface area contributed by atoms with Crippen LogP contribution in [0, 0.1) is 0 Å². The minimum Gasteiger partial charge on any atom is -0.362 e. The molecule has 0 atom stereocenters. The van der Waals surface area contributed by atoms with Gasteiger partial charge in [-0.1, -0.05) is 75.4 Å². The standard InChI is InChI=1S/C26H36N3/c1-2-3-4-5-6-13-20-27-23-28-21-18-26(19-22-28)29(24-14-9-7-10-15-24)25-16-11-8-12-17-25/h7-12,14-17,23H,2-6,13,18-22H2,1H3/q+1. The normalized spacial score (nSPS) is 14.5. The quantitative estimate of drug-likeness (QED) is 0.197. The third-order valence-corrected chi connectivity index (χ3v) is 5.61. The van der Waals surface area contributed by atoms with Crippen LogP contribution in [0.5, 0.6) is 0 Å². The van der Waals surface area contributed by atoms with Crippen molar-refractivity contribution in [2.75, 3.05) is 19.6 Å². The average Bonchev–Trinajstić information content (AvgIpc) is 2.78. The van der Waals surface area contributed by atoms with Gasteiger partial charge in [0.25, 0.3) is 0 Å². The summed E-state index contributed by atoms with van der Waals surface area (Å²) in [6, 6.07) is 21.5. The van der Waals surface area contributed by atoms with Gasteiger partial charge in [0.15, 0.2) is 5.71 Å². The maximum atomic E-state index is 4.68. The fraction of sp³-hybridized carbons (Fsp3) is 0.462. The third-order valence-electron chi connectivity index (χ3n) is 5.61. The summed E-state index contributed by atoms with van der Waals surface area (Å²) in [5.41, 5.74) is 3.99. The molecular weight excluding hydrogens is 354 g/mol. The Kier molecular flexibility index (Phi) is 8.96. The minimum absolute atomic E-state index is 0.972. The fourth-order valence-electron chi connectivity index (χ4n) is 3.95. The van der Waals surface area contributed by atoms with E-state index in [0.29, 0.717) is 0 Å². The number of benzene rings is 2. The number of para-hydroxylation sites is 2. The molecule has 0 spiro atoms. The molecule has 0 N–H and O–H groups in total. The van der Waals surface area contributed by atoms with Crippen LogP contribution in [0.15, 0.2) is 65.7 Å². The summed E-state index contributed by atoms with van der Waals surface area (Å²) in [5.74, 6) is 0. The maximum absolute atomic E-state index is 4.68. The molecule has 1 fully saturated rings. The monoisotopic (exact) mass is 390 g/mol. The van der Waals surface area contributed by atoms with E-state index in [1.165, 1.54) is 55.6 Å². The van der Waals surface area contributed by atoms with Crippen LogP contribution < -0.4 is 4.58 Å². The second-order valence-corrected chi connectivity index (χ2v) is 7.90. The van der Waals surface area contributed by atoms with Gasteiger partial charge in [0.2, 0.25) is 11.4 Å². The first-order chi connectivity index (χ1) is 14.4. The summed E-state index contributed by atoms with van der Waals surface area (Å²) in [4.78, 5) is 7.06. The molecular formula is C26H36N3+. The fourth-order valence-corrected chi connectivity index (χ4v) is 3.95. The molecule has 3 nitrogen and oxygen atoms in total. The van der Waals surface area contributed by atoms with Crippen LogP contribution in [-0.4, -0.2) is 36.6 Å². The second-order valence-electron chi connectivity index (χ2n) is 7.90. The molecule has 0 radical (unpaired) electrons. The summed E-state index contributed by atoms with van der Waals surface area (Å²) in [5, 5.41) is 0. The predicted molar refractivity (Wildman–Crippen MR) is 127 cm³/mol. The number of unbranched alkanes of at least 4 members (excludes halogenated alkanes) is 5. The molecule has 2 aromatic rings. The van der Waals surface area contributed by atoms with Gasteiger partial charge in [0.05, 0.1) is 6.34 Å². The summed E-state index contributed by atoms with van der Waals surface area (Å²) in [6.07, 6.45) is 12.2. The molecule has 0 aromatic heterocycles. The molecule has 154 valence electrons. The molecule has 1 heterocycles. The van der Waals surface area contributed by atoms with Gasteiger partial charge >= 0.3 is 0 Å². The summed E-state index contributed by atoms with van der Waals surface area (Å²) >= 11 is 0. The van der Waals surface area contributed by atoms with Crippen LogP contribution >= 0.6 is 0 Å². The molecule has 2 aromatic carbocycles. The van der Waals surface area contributed by atoms with Gasteiger partial charge in [-0.15, -0.1) is 0 Å². The van der Waals surface area contributed by atoms with E-state index in [1.807, 2.05) is 0 Å². The van der Waals surface area contributed by atoms with Crippen molar-refractivity contribution in [2.45, 2.75) is 58.3 Å². The van der Waals surface area contributed by atoms with Gasteiger partial charge in [0.1, 0.15) is 0 Å². The number of aliphatic imine (C=N–C) groups is 1. The number of nitrogens with zero attached hydrogens (tertiary/aromatic N) is 3. The lowest BCUT2D eigenvalue weighted by atomic mass is 10.1. The van der Waals surface area contributed by atoms with Crippen molar-refractivity contribution in [1.29, 1.82) is 0 Å². The van der Waals surface area contributed by atoms with Crippen molar-refractivity contribution in [1.82, 2.24) is 9.48 Å². The van der Waals surface area contributed by atoms with Gasteiger partial charge in [0, 0.05) is 56.7 Å². The lowest BCUT2D eigenvalue weighted by Crippen LogP contribution is -2.36. The Morgan fingerprint density at radius 3 is 1.93 bits per heavy atom. The highest BCUT2D eigenvalue weighted by Crippen LogP contribution is 2.23. The molecule has 29 heavy (non-hydrogen) atoms. The Balaban J connectivity index is 1.56. The van der Waals surface area contributed by atoms with Crippen molar-refractivity contribution in [3.8, 4) is 0 Å². The number of piperidine rings is 1. The third kappa shape index (κ3) is 6.85. The van der Waals surface area contributed by atoms with Crippen LogP contribution in [0.2, 0.25) is 0 Å². The van der Waals surface area contributed by atoms with E-state index < -0.39 is 0 Å². The molecule has 3 heteroatoms. The van der Waals surface area contributed by atoms with Crippen molar-refractivity contribution >= 4 is 23.4 Å². The SMILES string of the molecule is CCCCCCCCN=CN1CCC(=[N+](c2ccccc2)c2ccccc2)CC1. The van der Waals surface area contributed by atoms with Crippen molar-refractivity contribution in [3.05, 3.63) is 60.7 Å². The maximum Gasteiger partial charge on any atom is 0.211 e. The van der Waals surface area contributed by atoms with Crippen LogP contribution in [-0.2, 0) is 0 Å². The highest BCUT2D eigenvalue weighted by Gasteiger charge is 2.24. The molecule has 0 unspecified atom stereocenters. The molecule has 0 saturated carbocycles. The Bertz CT molecular complexity index is 714. The zero-order chi connectivity index (χ0) is 20.2. The Morgan fingerprint density at radius 2 is 1.34 bits per heavy atom. The number of hydrogen-bond donors (Lipinski definition) is 0. The molecule has 0 aliphatic carbocycles. The topological polar surface area (TPSA) is 18.6 Å². The first-order valence-corrected chi connectivity index (χ1v) is 11.4. The number of hydrogen-bond acceptors (Lipinski definition) is 1. The van der Waals surface area contributed by atoms with Crippen LogP contribution in [0.1, 0.15) is 58.3 Å². The highest BCUT2D eigenvalue weighted by atomic mass is 15.2. The predicted octanol–water partition coefficient (Wildman–Crippen LogP) is 6.45. The van der Waals surface area contributed by atoms with E-state index in [1.54, 1.807) is 0 Å². The molecule has 1 aliphatic heterocycles. The lowest BCUT2D eigenvalue weighted by Gasteiger charge is -2.24. The highest BCUT2D eigenvalue weighted by molar-refractivity contribution is 5.91. The van der Waals surface area contributed by atoms with Gasteiger partial charge < -0.3 is 4.90 Å². The van der Waals surface area contributed by atoms with Gasteiger partial charge in [-0.05, 0) is 6.42 Å². The zero-order valence-corrected chi connectivity index (χ0v) is 18.0. The van der Waals surface area contributed by atoms with Gasteiger partial charge in [-0.3, -0.25) is 4.99 Å². The molecule has 0 amide bonds. The second kappa shape index (κ2) is 12.2. The first kappa shape index (κ1) is 21.3. The van der Waals surface area contributed by atoms with Crippen LogP contribution in [0.25, 0.3) is 0 Å². The van der Waals surface area contributed by atoms with E-state index in [9.17, 15) is 0 Å². The van der Waals surface area contributed by atoms with Crippen LogP contribution in [0.3, 0.4) is 0 Å². The van der Waals surface area contributed by atoms with E-state index in [4.69, 9.17) is 0 Å². The van der Waals surface area contributed by atoms with E-state index >= 15 is 0 Å². The molecule has 0 bridgehead atoms. The minimum atomic E-state index is 0.972. The van der Waals surface area contributed by atoms with E-state index in [2.05, 4.69) is 88.4 Å². The van der Waals surface area contributed by atoms with E-state index in [-0.39, 0.29) is 0 Å².